The minimum atomic E-state index is -0.167. The number of rotatable bonds is 5. The van der Waals surface area contributed by atoms with E-state index in [9.17, 15) is 4.79 Å². The first kappa shape index (κ1) is 13.4. The van der Waals surface area contributed by atoms with E-state index in [4.69, 9.17) is 4.74 Å². The number of amides is 1. The van der Waals surface area contributed by atoms with Crippen LogP contribution in [0.2, 0.25) is 0 Å². The molecule has 14 heavy (non-hydrogen) atoms. The van der Waals surface area contributed by atoms with E-state index in [0.717, 1.165) is 12.8 Å². The molecule has 0 aromatic carbocycles. The Bertz CT molecular complexity index is 173. The van der Waals surface area contributed by atoms with Crippen molar-refractivity contribution in [3.63, 3.8) is 0 Å². The van der Waals surface area contributed by atoms with Gasteiger partial charge < -0.3 is 10.1 Å². The molecule has 1 atom stereocenters. The van der Waals surface area contributed by atoms with Gasteiger partial charge in [-0.05, 0) is 27.2 Å². The molecule has 1 amide bonds. The Morgan fingerprint density at radius 2 is 2.00 bits per heavy atom. The second-order valence-electron chi connectivity index (χ2n) is 4.52. The van der Waals surface area contributed by atoms with Crippen LogP contribution in [0.25, 0.3) is 0 Å². The highest BCUT2D eigenvalue weighted by Crippen LogP contribution is 2.13. The summed E-state index contributed by atoms with van der Waals surface area (Å²) in [5, 5.41) is 2.67. The summed E-state index contributed by atoms with van der Waals surface area (Å²) in [5.74, 6) is 0.0697. The molecular weight excluding hydrogens is 178 g/mol. The maximum atomic E-state index is 11.4. The van der Waals surface area contributed by atoms with E-state index in [2.05, 4.69) is 12.2 Å². The fraction of sp³-hybridized carbons (Fsp3) is 0.909. The molecule has 3 heteroatoms. The molecule has 0 aliphatic carbocycles. The summed E-state index contributed by atoms with van der Waals surface area (Å²) >= 11 is 0. The van der Waals surface area contributed by atoms with E-state index in [1.54, 1.807) is 7.05 Å². The molecule has 0 aliphatic heterocycles. The van der Waals surface area contributed by atoms with Gasteiger partial charge in [0, 0.05) is 7.05 Å². The molecule has 1 unspecified atom stereocenters. The number of carbonyl (C=O) groups is 1. The fourth-order valence-corrected chi connectivity index (χ4v) is 1.19. The van der Waals surface area contributed by atoms with Crippen LogP contribution >= 0.6 is 0 Å². The predicted octanol–water partition coefficient (Wildman–Crippen LogP) is 1.96. The van der Waals surface area contributed by atoms with Crippen molar-refractivity contribution in [3.05, 3.63) is 0 Å². The molecule has 0 saturated heterocycles. The molecular formula is C11H23NO2. The lowest BCUT2D eigenvalue weighted by Crippen LogP contribution is -2.33. The zero-order valence-electron chi connectivity index (χ0n) is 10.0. The largest absolute Gasteiger partial charge is 0.375 e. The zero-order chi connectivity index (χ0) is 11.2. The third-order valence-corrected chi connectivity index (χ3v) is 1.97. The second-order valence-corrected chi connectivity index (χ2v) is 4.52. The van der Waals surface area contributed by atoms with Crippen LogP contribution in [0.1, 0.15) is 40.5 Å². The molecule has 0 heterocycles. The quantitative estimate of drug-likeness (QED) is 0.738. The van der Waals surface area contributed by atoms with Crippen LogP contribution < -0.4 is 5.32 Å². The summed E-state index contributed by atoms with van der Waals surface area (Å²) in [5.41, 5.74) is -0.167. The molecule has 0 aromatic rings. The minimum absolute atomic E-state index is 0.00998. The van der Waals surface area contributed by atoms with Crippen LogP contribution in [-0.2, 0) is 9.53 Å². The number of hydrogen-bond donors (Lipinski definition) is 1. The molecule has 0 aliphatic rings. The molecule has 0 aromatic heterocycles. The monoisotopic (exact) mass is 201 g/mol. The Morgan fingerprint density at radius 1 is 1.43 bits per heavy atom. The van der Waals surface area contributed by atoms with Crippen molar-refractivity contribution in [2.24, 2.45) is 5.92 Å². The van der Waals surface area contributed by atoms with Crippen molar-refractivity contribution >= 4 is 5.91 Å². The maximum absolute atomic E-state index is 11.4. The second kappa shape index (κ2) is 6.02. The van der Waals surface area contributed by atoms with E-state index in [-0.39, 0.29) is 17.4 Å². The summed E-state index contributed by atoms with van der Waals surface area (Å²) in [4.78, 5) is 11.4. The van der Waals surface area contributed by atoms with Gasteiger partial charge in [0.15, 0.2) is 0 Å². The third-order valence-electron chi connectivity index (χ3n) is 1.97. The van der Waals surface area contributed by atoms with Crippen molar-refractivity contribution in [3.8, 4) is 0 Å². The van der Waals surface area contributed by atoms with Gasteiger partial charge in [-0.2, -0.15) is 0 Å². The maximum Gasteiger partial charge on any atom is 0.225 e. The van der Waals surface area contributed by atoms with Crippen molar-refractivity contribution in [1.29, 1.82) is 0 Å². The summed E-state index contributed by atoms with van der Waals surface area (Å²) < 4.78 is 5.61. The highest BCUT2D eigenvalue weighted by Gasteiger charge is 2.19. The van der Waals surface area contributed by atoms with Gasteiger partial charge in [0.25, 0.3) is 0 Å². The number of hydrogen-bond acceptors (Lipinski definition) is 2. The third kappa shape index (κ3) is 5.97. The van der Waals surface area contributed by atoms with E-state index in [1.165, 1.54) is 0 Å². The number of ether oxygens (including phenoxy) is 1. The lowest BCUT2D eigenvalue weighted by atomic mass is 10.0. The van der Waals surface area contributed by atoms with E-state index in [1.807, 2.05) is 20.8 Å². The molecule has 0 saturated carbocycles. The molecule has 0 spiro atoms. The molecule has 84 valence electrons. The van der Waals surface area contributed by atoms with Crippen LogP contribution in [0.3, 0.4) is 0 Å². The molecule has 0 radical (unpaired) electrons. The summed E-state index contributed by atoms with van der Waals surface area (Å²) in [6, 6.07) is 0. The SMILES string of the molecule is CCCC(COC(C)(C)C)C(=O)NC. The molecule has 0 bridgehead atoms. The standard InChI is InChI=1S/C11H23NO2/c1-6-7-9(10(13)12-5)8-14-11(2,3)4/h9H,6-8H2,1-5H3,(H,12,13). The Kier molecular flexibility index (Phi) is 5.77. The van der Waals surface area contributed by atoms with Crippen LogP contribution in [0.15, 0.2) is 0 Å². The van der Waals surface area contributed by atoms with Crippen LogP contribution in [0.5, 0.6) is 0 Å². The Hall–Kier alpha value is -0.570. The first-order valence-corrected chi connectivity index (χ1v) is 5.26. The van der Waals surface area contributed by atoms with E-state index < -0.39 is 0 Å². The fourth-order valence-electron chi connectivity index (χ4n) is 1.19. The molecule has 1 N–H and O–H groups in total. The van der Waals surface area contributed by atoms with Crippen molar-refractivity contribution in [1.82, 2.24) is 5.32 Å². The summed E-state index contributed by atoms with van der Waals surface area (Å²) in [6.45, 7) is 8.59. The summed E-state index contributed by atoms with van der Waals surface area (Å²) in [7, 11) is 1.67. The number of nitrogens with one attached hydrogen (secondary N) is 1. The average molecular weight is 201 g/mol. The van der Waals surface area contributed by atoms with Crippen LogP contribution in [0.4, 0.5) is 0 Å². The van der Waals surface area contributed by atoms with Gasteiger partial charge in [-0.3, -0.25) is 4.79 Å². The Morgan fingerprint density at radius 3 is 2.36 bits per heavy atom. The summed E-state index contributed by atoms with van der Waals surface area (Å²) in [6.07, 6.45) is 1.89. The lowest BCUT2D eigenvalue weighted by molar-refractivity contribution is -0.128. The van der Waals surface area contributed by atoms with E-state index >= 15 is 0 Å². The van der Waals surface area contributed by atoms with Crippen molar-refractivity contribution in [2.45, 2.75) is 46.1 Å². The van der Waals surface area contributed by atoms with Crippen LogP contribution in [0, 0.1) is 5.92 Å². The topological polar surface area (TPSA) is 38.3 Å². The van der Waals surface area contributed by atoms with Gasteiger partial charge in [-0.1, -0.05) is 13.3 Å². The highest BCUT2D eigenvalue weighted by molar-refractivity contribution is 5.78. The Balaban J connectivity index is 4.03. The average Bonchev–Trinajstić information content (AvgIpc) is 2.09. The van der Waals surface area contributed by atoms with Crippen LogP contribution in [-0.4, -0.2) is 25.2 Å². The molecule has 3 nitrogen and oxygen atoms in total. The van der Waals surface area contributed by atoms with Crippen molar-refractivity contribution < 1.29 is 9.53 Å². The zero-order valence-corrected chi connectivity index (χ0v) is 10.0. The number of carbonyl (C=O) groups excluding carboxylic acids is 1. The Labute approximate surface area is 87.2 Å². The van der Waals surface area contributed by atoms with Gasteiger partial charge >= 0.3 is 0 Å². The highest BCUT2D eigenvalue weighted by atomic mass is 16.5. The minimum Gasteiger partial charge on any atom is -0.375 e. The first-order valence-electron chi connectivity index (χ1n) is 5.26. The van der Waals surface area contributed by atoms with E-state index in [0.29, 0.717) is 6.61 Å². The first-order chi connectivity index (χ1) is 6.40. The molecule has 0 fully saturated rings. The van der Waals surface area contributed by atoms with Gasteiger partial charge in [0.05, 0.1) is 18.1 Å². The van der Waals surface area contributed by atoms with Gasteiger partial charge in [-0.25, -0.2) is 0 Å². The lowest BCUT2D eigenvalue weighted by Gasteiger charge is -2.23. The smallest absolute Gasteiger partial charge is 0.225 e. The van der Waals surface area contributed by atoms with Crippen molar-refractivity contribution in [2.75, 3.05) is 13.7 Å². The predicted molar refractivity (Wildman–Crippen MR) is 58.2 cm³/mol. The van der Waals surface area contributed by atoms with Gasteiger partial charge in [0.2, 0.25) is 5.91 Å². The van der Waals surface area contributed by atoms with Gasteiger partial charge in [-0.15, -0.1) is 0 Å². The molecule has 0 rings (SSSR count). The normalized spacial score (nSPS) is 13.8. The van der Waals surface area contributed by atoms with Gasteiger partial charge in [0.1, 0.15) is 0 Å².